The van der Waals surface area contributed by atoms with Gasteiger partial charge in [0.25, 0.3) is 5.97 Å². The summed E-state index contributed by atoms with van der Waals surface area (Å²) >= 11 is 0. The molecule has 1 aliphatic rings. The molecule has 82 valence electrons. The van der Waals surface area contributed by atoms with Gasteiger partial charge in [0.05, 0.1) is 12.9 Å². The molecule has 0 bridgehead atoms. The average Bonchev–Trinajstić information content (AvgIpc) is 2.09. The summed E-state index contributed by atoms with van der Waals surface area (Å²) in [6.45, 7) is 0.794. The Morgan fingerprint density at radius 3 is 2.36 bits per heavy atom. The Hall–Kier alpha value is -1.11. The standard InChI is InChI=1S/C6H10O4.C2H4O2/c7-3-5-6(9)4(8)1-2-10-5;1-2(3)4/h1-2,4-9H,3H2;1H3,(H,3,4)/t4-,5-,6+;/m1./s1. The summed E-state index contributed by atoms with van der Waals surface area (Å²) in [6, 6.07) is 0. The number of aliphatic hydroxyl groups excluding tert-OH is 3. The third kappa shape index (κ3) is 4.80. The summed E-state index contributed by atoms with van der Waals surface area (Å²) in [5.41, 5.74) is 0. The Morgan fingerprint density at radius 1 is 1.50 bits per heavy atom. The van der Waals surface area contributed by atoms with E-state index in [1.165, 1.54) is 12.3 Å². The van der Waals surface area contributed by atoms with E-state index in [0.29, 0.717) is 0 Å². The van der Waals surface area contributed by atoms with Crippen LogP contribution in [0.3, 0.4) is 0 Å². The predicted octanol–water partition coefficient (Wildman–Crippen LogP) is -1.30. The van der Waals surface area contributed by atoms with Crippen LogP contribution in [0.4, 0.5) is 0 Å². The zero-order valence-corrected chi connectivity index (χ0v) is 7.70. The van der Waals surface area contributed by atoms with Gasteiger partial charge in [-0.15, -0.1) is 0 Å². The Labute approximate surface area is 81.1 Å². The van der Waals surface area contributed by atoms with Gasteiger partial charge >= 0.3 is 0 Å². The smallest absolute Gasteiger partial charge is 0.300 e. The molecular formula is C8H14O6. The molecule has 0 spiro atoms. The van der Waals surface area contributed by atoms with Crippen LogP contribution in [0.5, 0.6) is 0 Å². The minimum atomic E-state index is -1.02. The van der Waals surface area contributed by atoms with Gasteiger partial charge in [-0.3, -0.25) is 4.79 Å². The van der Waals surface area contributed by atoms with Gasteiger partial charge in [0.1, 0.15) is 18.3 Å². The topological polar surface area (TPSA) is 107 Å². The molecule has 0 unspecified atom stereocenters. The predicted molar refractivity (Wildman–Crippen MR) is 46.4 cm³/mol. The fourth-order valence-electron chi connectivity index (χ4n) is 0.792. The molecule has 6 heteroatoms. The molecule has 4 N–H and O–H groups in total. The number of aliphatic carboxylic acids is 1. The molecule has 0 radical (unpaired) electrons. The molecule has 0 amide bonds. The van der Waals surface area contributed by atoms with Crippen molar-refractivity contribution in [3.8, 4) is 0 Å². The molecule has 0 aromatic rings. The van der Waals surface area contributed by atoms with Crippen LogP contribution in [0.25, 0.3) is 0 Å². The summed E-state index contributed by atoms with van der Waals surface area (Å²) in [5.74, 6) is -0.833. The van der Waals surface area contributed by atoms with Crippen molar-refractivity contribution < 1.29 is 30.0 Å². The van der Waals surface area contributed by atoms with Crippen molar-refractivity contribution in [1.82, 2.24) is 0 Å². The van der Waals surface area contributed by atoms with Gasteiger partial charge in [0, 0.05) is 6.92 Å². The Morgan fingerprint density at radius 2 is 2.00 bits per heavy atom. The average molecular weight is 206 g/mol. The molecule has 14 heavy (non-hydrogen) atoms. The minimum Gasteiger partial charge on any atom is -0.493 e. The minimum absolute atomic E-state index is 0.289. The fourth-order valence-corrected chi connectivity index (χ4v) is 0.792. The SMILES string of the molecule is CC(=O)O.OC[C@H]1OC=C[C@@H](O)[C@@H]1O. The van der Waals surface area contributed by atoms with Crippen molar-refractivity contribution in [3.05, 3.63) is 12.3 Å². The van der Waals surface area contributed by atoms with Gasteiger partial charge in [0.2, 0.25) is 0 Å². The van der Waals surface area contributed by atoms with E-state index in [4.69, 9.17) is 30.0 Å². The number of rotatable bonds is 1. The Bertz CT molecular complexity index is 198. The number of ether oxygens (including phenoxy) is 1. The maximum absolute atomic E-state index is 9.05. The summed E-state index contributed by atoms with van der Waals surface area (Å²) < 4.78 is 4.77. The molecular weight excluding hydrogens is 192 g/mol. The van der Waals surface area contributed by atoms with Crippen molar-refractivity contribution in [3.63, 3.8) is 0 Å². The highest BCUT2D eigenvalue weighted by molar-refractivity contribution is 5.62. The number of hydrogen-bond acceptors (Lipinski definition) is 5. The summed E-state index contributed by atoms with van der Waals surface area (Å²) in [5, 5.41) is 34.0. The van der Waals surface area contributed by atoms with Crippen molar-refractivity contribution in [2.24, 2.45) is 0 Å². The van der Waals surface area contributed by atoms with Crippen LogP contribution in [0.2, 0.25) is 0 Å². The van der Waals surface area contributed by atoms with Crippen LogP contribution >= 0.6 is 0 Å². The molecule has 6 nitrogen and oxygen atoms in total. The molecule has 0 fully saturated rings. The van der Waals surface area contributed by atoms with Gasteiger partial charge in [0.15, 0.2) is 0 Å². The first-order chi connectivity index (χ1) is 6.49. The maximum Gasteiger partial charge on any atom is 0.300 e. The quantitative estimate of drug-likeness (QED) is 0.425. The lowest BCUT2D eigenvalue weighted by atomic mass is 10.1. The molecule has 0 saturated heterocycles. The van der Waals surface area contributed by atoms with Gasteiger partial charge in [-0.25, -0.2) is 0 Å². The van der Waals surface area contributed by atoms with Gasteiger partial charge in [-0.05, 0) is 6.08 Å². The Balaban J connectivity index is 0.000000364. The molecule has 0 aromatic carbocycles. The molecule has 1 aliphatic heterocycles. The van der Waals surface area contributed by atoms with Gasteiger partial charge < -0.3 is 25.2 Å². The van der Waals surface area contributed by atoms with E-state index in [0.717, 1.165) is 6.92 Å². The highest BCUT2D eigenvalue weighted by atomic mass is 16.5. The number of carbonyl (C=O) groups is 1. The molecule has 0 saturated carbocycles. The van der Waals surface area contributed by atoms with Crippen molar-refractivity contribution in [1.29, 1.82) is 0 Å². The van der Waals surface area contributed by atoms with E-state index in [1.54, 1.807) is 0 Å². The summed E-state index contributed by atoms with van der Waals surface area (Å²) in [6.07, 6.45) is -0.0318. The van der Waals surface area contributed by atoms with Crippen LogP contribution in [0.15, 0.2) is 12.3 Å². The number of carboxylic acids is 1. The Kier molecular flexibility index (Phi) is 5.86. The zero-order valence-electron chi connectivity index (χ0n) is 7.70. The molecule has 0 aromatic heterocycles. The van der Waals surface area contributed by atoms with Crippen LogP contribution < -0.4 is 0 Å². The molecule has 1 heterocycles. The van der Waals surface area contributed by atoms with Crippen molar-refractivity contribution in [2.45, 2.75) is 25.2 Å². The third-order valence-electron chi connectivity index (χ3n) is 1.44. The largest absolute Gasteiger partial charge is 0.493 e. The first-order valence-corrected chi connectivity index (χ1v) is 3.97. The molecule has 0 aliphatic carbocycles. The lowest BCUT2D eigenvalue weighted by Gasteiger charge is -2.26. The van der Waals surface area contributed by atoms with E-state index in [1.807, 2.05) is 0 Å². The third-order valence-corrected chi connectivity index (χ3v) is 1.44. The first-order valence-electron chi connectivity index (χ1n) is 3.97. The first kappa shape index (κ1) is 12.9. The van der Waals surface area contributed by atoms with Crippen LogP contribution in [-0.2, 0) is 9.53 Å². The number of aliphatic hydroxyl groups is 3. The summed E-state index contributed by atoms with van der Waals surface area (Å²) in [7, 11) is 0. The highest BCUT2D eigenvalue weighted by Gasteiger charge is 2.27. The lowest BCUT2D eigenvalue weighted by molar-refractivity contribution is -0.134. The number of carboxylic acid groups (broad SMARTS) is 1. The molecule has 3 atom stereocenters. The monoisotopic (exact) mass is 206 g/mol. The van der Waals surface area contributed by atoms with Gasteiger partial charge in [-0.1, -0.05) is 0 Å². The van der Waals surface area contributed by atoms with E-state index < -0.39 is 24.3 Å². The van der Waals surface area contributed by atoms with Crippen LogP contribution in [-0.4, -0.2) is 51.3 Å². The van der Waals surface area contributed by atoms with E-state index in [-0.39, 0.29) is 6.61 Å². The van der Waals surface area contributed by atoms with Crippen LogP contribution in [0.1, 0.15) is 6.92 Å². The second kappa shape index (κ2) is 6.36. The lowest BCUT2D eigenvalue weighted by Crippen LogP contribution is -2.42. The van der Waals surface area contributed by atoms with E-state index in [2.05, 4.69) is 0 Å². The zero-order chi connectivity index (χ0) is 11.1. The van der Waals surface area contributed by atoms with Crippen molar-refractivity contribution in [2.75, 3.05) is 6.61 Å². The second-order valence-electron chi connectivity index (χ2n) is 2.69. The van der Waals surface area contributed by atoms with Gasteiger partial charge in [-0.2, -0.15) is 0 Å². The van der Waals surface area contributed by atoms with E-state index >= 15 is 0 Å². The maximum atomic E-state index is 9.05. The number of hydrogen-bond donors (Lipinski definition) is 4. The van der Waals surface area contributed by atoms with E-state index in [9.17, 15) is 0 Å². The normalized spacial score (nSPS) is 29.9. The fraction of sp³-hybridized carbons (Fsp3) is 0.625. The highest BCUT2D eigenvalue weighted by Crippen LogP contribution is 2.10. The second-order valence-corrected chi connectivity index (χ2v) is 2.69. The molecule has 1 rings (SSSR count). The van der Waals surface area contributed by atoms with Crippen LogP contribution in [0, 0.1) is 0 Å². The van der Waals surface area contributed by atoms with Crippen molar-refractivity contribution >= 4 is 5.97 Å². The summed E-state index contributed by atoms with van der Waals surface area (Å²) in [4.78, 5) is 9.00.